The molecule has 0 atom stereocenters. The monoisotopic (exact) mass is 167 g/mol. The van der Waals surface area contributed by atoms with Crippen molar-refractivity contribution in [1.29, 1.82) is 5.26 Å². The van der Waals surface area contributed by atoms with E-state index in [1.54, 1.807) is 6.07 Å². The minimum Gasteiger partial charge on any atom is -0.300 e. The molecule has 1 rings (SSSR count). The van der Waals surface area contributed by atoms with Gasteiger partial charge in [-0.25, -0.2) is 0 Å². The first-order valence-electron chi connectivity index (χ1n) is 2.69. The molecule has 0 saturated heterocycles. The zero-order valence-electron chi connectivity index (χ0n) is 5.37. The molecule has 0 fully saturated rings. The highest BCUT2D eigenvalue weighted by atomic mass is 32.1. The Morgan fingerprint density at radius 2 is 2.73 bits per heavy atom. The normalized spacial score (nSPS) is 8.64. The van der Waals surface area contributed by atoms with Crippen molar-refractivity contribution in [2.75, 3.05) is 5.32 Å². The van der Waals surface area contributed by atoms with E-state index in [0.717, 1.165) is 11.3 Å². The maximum absolute atomic E-state index is 10.7. The lowest BCUT2D eigenvalue weighted by molar-refractivity contribution is -0.115. The Kier molecular flexibility index (Phi) is 2.52. The Hall–Kier alpha value is -1.48. The summed E-state index contributed by atoms with van der Waals surface area (Å²) in [6.07, 6.45) is -0.167. The zero-order chi connectivity index (χ0) is 8.10. The maximum atomic E-state index is 10.7. The van der Waals surface area contributed by atoms with Crippen LogP contribution in [0.15, 0.2) is 0 Å². The van der Waals surface area contributed by atoms with E-state index in [0.29, 0.717) is 5.13 Å². The van der Waals surface area contributed by atoms with Gasteiger partial charge >= 0.3 is 0 Å². The van der Waals surface area contributed by atoms with Gasteiger partial charge in [-0.05, 0) is 0 Å². The fourth-order valence-corrected chi connectivity index (χ4v) is 0.850. The third-order valence-corrected chi connectivity index (χ3v) is 1.36. The molecule has 1 aromatic rings. The highest BCUT2D eigenvalue weighted by molar-refractivity contribution is 7.13. The van der Waals surface area contributed by atoms with Crippen molar-refractivity contribution in [2.45, 2.75) is 6.42 Å². The number of aromatic nitrogens is 2. The summed E-state index contributed by atoms with van der Waals surface area (Å²) in [5, 5.41) is 17.7. The van der Waals surface area contributed by atoms with Gasteiger partial charge in [0, 0.05) is 0 Å². The van der Waals surface area contributed by atoms with E-state index in [-0.39, 0.29) is 12.3 Å². The van der Waals surface area contributed by atoms with Crippen LogP contribution in [-0.2, 0) is 4.79 Å². The first-order chi connectivity index (χ1) is 5.33. The number of nitrogens with zero attached hydrogens (tertiary/aromatic N) is 3. The highest BCUT2D eigenvalue weighted by Crippen LogP contribution is 2.06. The fourth-order valence-electron chi connectivity index (χ4n) is 0.436. The van der Waals surface area contributed by atoms with Crippen molar-refractivity contribution in [3.63, 3.8) is 0 Å². The largest absolute Gasteiger partial charge is 0.300 e. The molecule has 0 spiro atoms. The van der Waals surface area contributed by atoms with Gasteiger partial charge in [-0.2, -0.15) is 5.26 Å². The van der Waals surface area contributed by atoms with E-state index in [2.05, 4.69) is 21.0 Å². The highest BCUT2D eigenvalue weighted by Gasteiger charge is 2.02. The van der Waals surface area contributed by atoms with E-state index >= 15 is 0 Å². The second-order valence-corrected chi connectivity index (χ2v) is 2.35. The van der Waals surface area contributed by atoms with Crippen molar-refractivity contribution in [2.24, 2.45) is 0 Å². The van der Waals surface area contributed by atoms with Crippen molar-refractivity contribution >= 4 is 22.4 Å². The van der Waals surface area contributed by atoms with Gasteiger partial charge in [0.2, 0.25) is 11.0 Å². The quantitative estimate of drug-likeness (QED) is 0.681. The zero-order valence-corrected chi connectivity index (χ0v) is 6.18. The van der Waals surface area contributed by atoms with Crippen LogP contribution in [0.2, 0.25) is 0 Å². The van der Waals surface area contributed by atoms with Crippen molar-refractivity contribution in [1.82, 2.24) is 10.2 Å². The smallest absolute Gasteiger partial charge is 0.240 e. The summed E-state index contributed by atoms with van der Waals surface area (Å²) in [6, 6.07) is 1.71. The SMILES string of the molecule is N#CCC(=O)Nc1nn[c]s1. The number of hydrogen-bond acceptors (Lipinski definition) is 5. The van der Waals surface area contributed by atoms with Crippen LogP contribution < -0.4 is 5.32 Å². The van der Waals surface area contributed by atoms with Gasteiger partial charge < -0.3 is 0 Å². The van der Waals surface area contributed by atoms with Crippen molar-refractivity contribution in [3.05, 3.63) is 5.51 Å². The Morgan fingerprint density at radius 1 is 1.91 bits per heavy atom. The van der Waals surface area contributed by atoms with Gasteiger partial charge in [0.05, 0.1) is 6.07 Å². The third-order valence-electron chi connectivity index (χ3n) is 0.810. The summed E-state index contributed by atoms with van der Waals surface area (Å²) < 4.78 is 0. The van der Waals surface area contributed by atoms with Crippen molar-refractivity contribution in [3.8, 4) is 6.07 Å². The lowest BCUT2D eigenvalue weighted by Gasteiger charge is -1.92. The molecule has 11 heavy (non-hydrogen) atoms. The molecule has 0 saturated carbocycles. The van der Waals surface area contributed by atoms with E-state index in [9.17, 15) is 4.79 Å². The molecule has 0 aromatic carbocycles. The molecule has 0 aliphatic carbocycles. The van der Waals surface area contributed by atoms with Gasteiger partial charge in [-0.1, -0.05) is 11.3 Å². The Bertz CT molecular complexity index is 275. The van der Waals surface area contributed by atoms with Crippen LogP contribution in [0.4, 0.5) is 5.13 Å². The number of anilines is 1. The minimum atomic E-state index is -0.377. The van der Waals surface area contributed by atoms with E-state index in [1.807, 2.05) is 0 Å². The number of nitriles is 1. The van der Waals surface area contributed by atoms with Gasteiger partial charge in [-0.3, -0.25) is 10.1 Å². The van der Waals surface area contributed by atoms with Crippen LogP contribution in [0, 0.1) is 16.8 Å². The van der Waals surface area contributed by atoms with Crippen LogP contribution in [0.1, 0.15) is 6.42 Å². The molecule has 0 aliphatic rings. The lowest BCUT2D eigenvalue weighted by Crippen LogP contribution is -2.09. The topological polar surface area (TPSA) is 78.7 Å². The van der Waals surface area contributed by atoms with Crippen LogP contribution in [0.5, 0.6) is 0 Å². The first kappa shape index (κ1) is 7.63. The van der Waals surface area contributed by atoms with Crippen LogP contribution >= 0.6 is 11.3 Å². The molecule has 1 aromatic heterocycles. The molecule has 1 amide bonds. The average Bonchev–Trinajstić information content (AvgIpc) is 2.40. The van der Waals surface area contributed by atoms with Gasteiger partial charge in [0.25, 0.3) is 0 Å². The first-order valence-corrected chi connectivity index (χ1v) is 3.51. The molecule has 5 nitrogen and oxygen atoms in total. The summed E-state index contributed by atoms with van der Waals surface area (Å²) in [7, 11) is 0. The number of carbonyl (C=O) groups excluding carboxylic acids is 1. The Labute approximate surface area is 66.7 Å². The second kappa shape index (κ2) is 3.63. The lowest BCUT2D eigenvalue weighted by atomic mass is 10.4. The summed E-state index contributed by atoms with van der Waals surface area (Å²) in [4.78, 5) is 10.7. The summed E-state index contributed by atoms with van der Waals surface area (Å²) in [6.45, 7) is 0. The van der Waals surface area contributed by atoms with Gasteiger partial charge in [-0.15, -0.1) is 10.2 Å². The number of carbonyl (C=O) groups is 1. The van der Waals surface area contributed by atoms with Crippen molar-refractivity contribution < 1.29 is 4.79 Å². The molecule has 1 N–H and O–H groups in total. The molecule has 0 bridgehead atoms. The summed E-state index contributed by atoms with van der Waals surface area (Å²) in [5.74, 6) is -0.377. The standard InChI is InChI=1S/C5H3N4OS/c6-2-1-4(10)8-5-9-7-3-11-5/h1H2,(H,8,9,10). The van der Waals surface area contributed by atoms with Crippen LogP contribution in [0.3, 0.4) is 0 Å². The predicted molar refractivity (Wildman–Crippen MR) is 37.6 cm³/mol. The summed E-state index contributed by atoms with van der Waals surface area (Å²) >= 11 is 1.09. The molecule has 1 heterocycles. The van der Waals surface area contributed by atoms with E-state index in [1.165, 1.54) is 0 Å². The summed E-state index contributed by atoms with van der Waals surface area (Å²) in [5.41, 5.74) is 2.46. The molecular weight excluding hydrogens is 164 g/mol. The molecular formula is C5H3N4OS. The number of nitrogens with one attached hydrogen (secondary N) is 1. The fraction of sp³-hybridized carbons (Fsp3) is 0.200. The molecule has 1 radical (unpaired) electrons. The van der Waals surface area contributed by atoms with E-state index < -0.39 is 0 Å². The predicted octanol–water partition coefficient (Wildman–Crippen LogP) is 0.190. The third kappa shape index (κ3) is 2.31. The van der Waals surface area contributed by atoms with Crippen LogP contribution in [-0.4, -0.2) is 16.1 Å². The van der Waals surface area contributed by atoms with Crippen LogP contribution in [0.25, 0.3) is 0 Å². The average molecular weight is 167 g/mol. The maximum Gasteiger partial charge on any atom is 0.240 e. The number of rotatable bonds is 2. The minimum absolute atomic E-state index is 0.167. The Morgan fingerprint density at radius 3 is 3.27 bits per heavy atom. The molecule has 0 unspecified atom stereocenters. The number of hydrogen-bond donors (Lipinski definition) is 1. The van der Waals surface area contributed by atoms with Gasteiger partial charge in [0.1, 0.15) is 6.42 Å². The molecule has 6 heteroatoms. The second-order valence-electron chi connectivity index (χ2n) is 1.58. The number of amides is 1. The van der Waals surface area contributed by atoms with Gasteiger partial charge in [0.15, 0.2) is 5.51 Å². The van der Waals surface area contributed by atoms with E-state index in [4.69, 9.17) is 5.26 Å². The molecule has 55 valence electrons. The Balaban J connectivity index is 2.45. The molecule has 0 aliphatic heterocycles.